The molecule has 0 aromatic carbocycles. The monoisotopic (exact) mass is 389 g/mol. The second-order valence-electron chi connectivity index (χ2n) is 7.31. The summed E-state index contributed by atoms with van der Waals surface area (Å²) in [5.74, 6) is 1.41. The lowest BCUT2D eigenvalue weighted by Gasteiger charge is -2.26. The van der Waals surface area contributed by atoms with Gasteiger partial charge in [-0.3, -0.25) is 0 Å². The Bertz CT molecular complexity index is 745. The van der Waals surface area contributed by atoms with Gasteiger partial charge in [-0.15, -0.1) is 0 Å². The van der Waals surface area contributed by atoms with E-state index in [0.29, 0.717) is 28.7 Å². The van der Waals surface area contributed by atoms with Crippen LogP contribution in [0.2, 0.25) is 5.02 Å². The van der Waals surface area contributed by atoms with Crippen molar-refractivity contribution in [2.24, 2.45) is 5.73 Å². The maximum atomic E-state index is 6.37. The van der Waals surface area contributed by atoms with Gasteiger partial charge in [0.25, 0.3) is 0 Å². The molecule has 27 heavy (non-hydrogen) atoms. The smallest absolute Gasteiger partial charge is 0.223 e. The van der Waals surface area contributed by atoms with Crippen LogP contribution in [0.4, 0.5) is 11.8 Å². The van der Waals surface area contributed by atoms with Crippen LogP contribution in [0.15, 0.2) is 24.5 Å². The first-order valence-electron chi connectivity index (χ1n) is 9.41. The molecular weight excluding hydrogens is 362 g/mol. The fraction of sp³-hybridized carbons (Fsp3) is 0.526. The molecule has 0 radical (unpaired) electrons. The van der Waals surface area contributed by atoms with Crippen LogP contribution in [0.5, 0.6) is 0 Å². The number of hydrogen-bond donors (Lipinski definition) is 3. The van der Waals surface area contributed by atoms with Crippen molar-refractivity contribution in [2.45, 2.75) is 37.8 Å². The number of rotatable bonds is 7. The Hall–Kier alpha value is -1.96. The van der Waals surface area contributed by atoms with Gasteiger partial charge in [0.2, 0.25) is 5.95 Å². The summed E-state index contributed by atoms with van der Waals surface area (Å²) in [5, 5.41) is 7.27. The fourth-order valence-electron chi connectivity index (χ4n) is 3.17. The molecule has 0 unspecified atom stereocenters. The quantitative estimate of drug-likeness (QED) is 0.670. The summed E-state index contributed by atoms with van der Waals surface area (Å²) in [4.78, 5) is 15.5. The Kier molecular flexibility index (Phi) is 6.82. The van der Waals surface area contributed by atoms with Gasteiger partial charge in [0.15, 0.2) is 0 Å². The lowest BCUT2D eigenvalue weighted by molar-refractivity contribution is 0.410. The molecule has 3 rings (SSSR count). The number of halogens is 1. The van der Waals surface area contributed by atoms with Crippen LogP contribution >= 0.6 is 11.6 Å². The molecule has 0 amide bonds. The van der Waals surface area contributed by atoms with Crippen molar-refractivity contribution in [1.29, 1.82) is 0 Å². The van der Waals surface area contributed by atoms with Crippen molar-refractivity contribution in [3.63, 3.8) is 0 Å². The first kappa shape index (κ1) is 19.8. The molecule has 1 aliphatic carbocycles. The zero-order valence-corrected chi connectivity index (χ0v) is 16.7. The number of nitrogens with zero attached hydrogens (tertiary/aromatic N) is 4. The first-order valence-corrected chi connectivity index (χ1v) is 9.79. The highest BCUT2D eigenvalue weighted by Gasteiger charge is 2.19. The first-order chi connectivity index (χ1) is 13.0. The molecular formula is C19H28ClN7. The maximum Gasteiger partial charge on any atom is 0.223 e. The van der Waals surface area contributed by atoms with E-state index in [0.717, 1.165) is 50.2 Å². The summed E-state index contributed by atoms with van der Waals surface area (Å²) >= 11 is 6.37. The van der Waals surface area contributed by atoms with E-state index in [2.05, 4.69) is 30.5 Å². The average Bonchev–Trinajstić information content (AvgIpc) is 2.65. The minimum Gasteiger partial charge on any atom is -0.369 e. The lowest BCUT2D eigenvalue weighted by Crippen LogP contribution is -2.33. The van der Waals surface area contributed by atoms with Crippen molar-refractivity contribution in [1.82, 2.24) is 19.9 Å². The third kappa shape index (κ3) is 5.76. The summed E-state index contributed by atoms with van der Waals surface area (Å²) in [6.07, 6.45) is 7.56. The van der Waals surface area contributed by atoms with Crippen molar-refractivity contribution < 1.29 is 0 Å². The van der Waals surface area contributed by atoms with Crippen LogP contribution in [0.1, 0.15) is 25.7 Å². The number of likely N-dealkylation sites (N-methyl/N-ethyl adjacent to an activating group) is 1. The molecule has 0 aliphatic heterocycles. The van der Waals surface area contributed by atoms with Crippen molar-refractivity contribution in [2.75, 3.05) is 37.8 Å². The van der Waals surface area contributed by atoms with Gasteiger partial charge in [-0.25, -0.2) is 15.0 Å². The van der Waals surface area contributed by atoms with Gasteiger partial charge in [-0.2, -0.15) is 0 Å². The number of aromatic nitrogens is 3. The Morgan fingerprint density at radius 1 is 1.22 bits per heavy atom. The van der Waals surface area contributed by atoms with Crippen LogP contribution in [0.25, 0.3) is 11.3 Å². The molecule has 2 aromatic rings. The molecule has 0 bridgehead atoms. The summed E-state index contributed by atoms with van der Waals surface area (Å²) in [5.41, 5.74) is 7.61. The highest BCUT2D eigenvalue weighted by atomic mass is 35.5. The third-order valence-corrected chi connectivity index (χ3v) is 5.02. The average molecular weight is 390 g/mol. The van der Waals surface area contributed by atoms with Gasteiger partial charge in [-0.1, -0.05) is 11.6 Å². The van der Waals surface area contributed by atoms with E-state index in [-0.39, 0.29) is 0 Å². The summed E-state index contributed by atoms with van der Waals surface area (Å²) in [6.45, 7) is 1.75. The highest BCUT2D eigenvalue weighted by molar-refractivity contribution is 6.32. The Morgan fingerprint density at radius 3 is 2.74 bits per heavy atom. The lowest BCUT2D eigenvalue weighted by atomic mass is 9.92. The predicted molar refractivity (Wildman–Crippen MR) is 111 cm³/mol. The molecule has 4 N–H and O–H groups in total. The molecule has 0 saturated heterocycles. The number of nitrogens with two attached hydrogens (primary N) is 1. The van der Waals surface area contributed by atoms with Gasteiger partial charge in [0.05, 0.1) is 16.9 Å². The largest absolute Gasteiger partial charge is 0.369 e. The zero-order valence-electron chi connectivity index (χ0n) is 16.0. The van der Waals surface area contributed by atoms with Crippen LogP contribution in [0.3, 0.4) is 0 Å². The van der Waals surface area contributed by atoms with Crippen molar-refractivity contribution >= 4 is 23.4 Å². The van der Waals surface area contributed by atoms with Crippen LogP contribution in [0, 0.1) is 0 Å². The number of hydrogen-bond acceptors (Lipinski definition) is 7. The Morgan fingerprint density at radius 2 is 2.00 bits per heavy atom. The van der Waals surface area contributed by atoms with Crippen LogP contribution < -0.4 is 16.4 Å². The topological polar surface area (TPSA) is 92.0 Å². The molecule has 0 atom stereocenters. The normalized spacial score (nSPS) is 19.9. The number of anilines is 2. The standard InChI is InChI=1S/C19H28ClN7/c1-27(2)10-9-23-17-11-13(7-8-22-17)18-16(20)12-24-19(26-18)25-15-5-3-14(21)4-6-15/h7-8,11-12,14-15H,3-6,9-10,21H2,1-2H3,(H,22,23)(H,24,25,26). The zero-order chi connectivity index (χ0) is 19.2. The summed E-state index contributed by atoms with van der Waals surface area (Å²) < 4.78 is 0. The predicted octanol–water partition coefficient (Wildman–Crippen LogP) is 2.85. The number of pyridine rings is 1. The van der Waals surface area contributed by atoms with Gasteiger partial charge < -0.3 is 21.3 Å². The van der Waals surface area contributed by atoms with Gasteiger partial charge in [0, 0.05) is 36.9 Å². The van der Waals surface area contributed by atoms with Gasteiger partial charge in [0.1, 0.15) is 5.82 Å². The molecule has 2 heterocycles. The van der Waals surface area contributed by atoms with Crippen LogP contribution in [-0.2, 0) is 0 Å². The van der Waals surface area contributed by atoms with Gasteiger partial charge >= 0.3 is 0 Å². The van der Waals surface area contributed by atoms with Crippen molar-refractivity contribution in [3.05, 3.63) is 29.5 Å². The second-order valence-corrected chi connectivity index (χ2v) is 7.71. The molecule has 0 spiro atoms. The number of nitrogens with one attached hydrogen (secondary N) is 2. The van der Waals surface area contributed by atoms with E-state index in [4.69, 9.17) is 17.3 Å². The summed E-state index contributed by atoms with van der Waals surface area (Å²) in [7, 11) is 4.08. The molecule has 8 heteroatoms. The van der Waals surface area contributed by atoms with E-state index in [1.807, 2.05) is 26.2 Å². The Balaban J connectivity index is 1.72. The van der Waals surface area contributed by atoms with Gasteiger partial charge in [-0.05, 0) is 51.9 Å². The van der Waals surface area contributed by atoms with E-state index in [9.17, 15) is 0 Å². The molecule has 2 aromatic heterocycles. The second kappa shape index (κ2) is 9.30. The Labute approximate surface area is 165 Å². The third-order valence-electron chi connectivity index (χ3n) is 4.75. The van der Waals surface area contributed by atoms with E-state index >= 15 is 0 Å². The minimum atomic E-state index is 0.319. The maximum absolute atomic E-state index is 6.37. The van der Waals surface area contributed by atoms with E-state index in [1.54, 1.807) is 12.4 Å². The fourth-order valence-corrected chi connectivity index (χ4v) is 3.37. The van der Waals surface area contributed by atoms with Crippen LogP contribution in [-0.4, -0.2) is 59.1 Å². The van der Waals surface area contributed by atoms with Crippen molar-refractivity contribution in [3.8, 4) is 11.3 Å². The molecule has 146 valence electrons. The van der Waals surface area contributed by atoms with E-state index in [1.165, 1.54) is 0 Å². The SMILES string of the molecule is CN(C)CCNc1cc(-c2nc(NC3CCC(N)CC3)ncc2Cl)ccn1. The van der Waals surface area contributed by atoms with E-state index < -0.39 is 0 Å². The molecule has 1 saturated carbocycles. The molecule has 1 aliphatic rings. The highest BCUT2D eigenvalue weighted by Crippen LogP contribution is 2.28. The minimum absolute atomic E-state index is 0.319. The summed E-state index contributed by atoms with van der Waals surface area (Å²) in [6, 6.07) is 4.56. The molecule has 1 fully saturated rings. The molecule has 7 nitrogen and oxygen atoms in total.